The molecule has 1 aliphatic rings. The van der Waals surface area contributed by atoms with Crippen molar-refractivity contribution in [1.29, 1.82) is 0 Å². The Hall–Kier alpha value is -0.610. The van der Waals surface area contributed by atoms with Crippen LogP contribution in [0, 0.1) is 5.41 Å². The van der Waals surface area contributed by atoms with Crippen molar-refractivity contribution in [2.45, 2.75) is 46.1 Å². The van der Waals surface area contributed by atoms with Crippen LogP contribution in [-0.4, -0.2) is 48.2 Å². The van der Waals surface area contributed by atoms with Gasteiger partial charge in [0.2, 0.25) is 5.91 Å². The van der Waals surface area contributed by atoms with Gasteiger partial charge in [-0.1, -0.05) is 6.92 Å². The van der Waals surface area contributed by atoms with E-state index in [9.17, 15) is 9.90 Å². The summed E-state index contributed by atoms with van der Waals surface area (Å²) < 4.78 is 0. The Morgan fingerprint density at radius 2 is 2.24 bits per heavy atom. The maximum absolute atomic E-state index is 11.5. The standard InChI is InChI=1S/C13H26N2O2/c1-11(2)14-12(17)5-8-15-7-4-6-13(3,9-15)10-16/h11,16H,4-10H2,1-3H3,(H,14,17). The van der Waals surface area contributed by atoms with Gasteiger partial charge in [-0.2, -0.15) is 0 Å². The second kappa shape index (κ2) is 6.36. The van der Waals surface area contributed by atoms with E-state index in [2.05, 4.69) is 17.1 Å². The molecule has 0 aromatic heterocycles. The van der Waals surface area contributed by atoms with Crippen molar-refractivity contribution in [2.24, 2.45) is 5.41 Å². The van der Waals surface area contributed by atoms with E-state index < -0.39 is 0 Å². The number of amides is 1. The van der Waals surface area contributed by atoms with Crippen molar-refractivity contribution < 1.29 is 9.90 Å². The number of hydrogen-bond donors (Lipinski definition) is 2. The predicted octanol–water partition coefficient (Wildman–Crippen LogP) is 0.995. The van der Waals surface area contributed by atoms with Gasteiger partial charge >= 0.3 is 0 Å². The largest absolute Gasteiger partial charge is 0.396 e. The van der Waals surface area contributed by atoms with Crippen molar-refractivity contribution in [1.82, 2.24) is 10.2 Å². The number of nitrogens with one attached hydrogen (secondary N) is 1. The molecular weight excluding hydrogens is 216 g/mol. The van der Waals surface area contributed by atoms with Gasteiger partial charge in [0, 0.05) is 37.6 Å². The molecule has 17 heavy (non-hydrogen) atoms. The molecule has 1 heterocycles. The Labute approximate surface area is 104 Å². The van der Waals surface area contributed by atoms with Gasteiger partial charge in [-0.05, 0) is 33.2 Å². The van der Waals surface area contributed by atoms with Crippen LogP contribution in [0.3, 0.4) is 0 Å². The van der Waals surface area contributed by atoms with Crippen LogP contribution in [0.4, 0.5) is 0 Å². The Kier molecular flexibility index (Phi) is 5.40. The highest BCUT2D eigenvalue weighted by Crippen LogP contribution is 2.28. The van der Waals surface area contributed by atoms with Gasteiger partial charge in [0.05, 0.1) is 0 Å². The molecule has 1 fully saturated rings. The minimum Gasteiger partial charge on any atom is -0.396 e. The van der Waals surface area contributed by atoms with E-state index in [0.717, 1.165) is 32.5 Å². The maximum atomic E-state index is 11.5. The molecule has 4 nitrogen and oxygen atoms in total. The summed E-state index contributed by atoms with van der Waals surface area (Å²) in [5.41, 5.74) is 0.0206. The fourth-order valence-electron chi connectivity index (χ4n) is 2.40. The summed E-state index contributed by atoms with van der Waals surface area (Å²) in [7, 11) is 0. The zero-order valence-corrected chi connectivity index (χ0v) is 11.3. The monoisotopic (exact) mass is 242 g/mol. The summed E-state index contributed by atoms with van der Waals surface area (Å²) in [5.74, 6) is 0.122. The zero-order valence-electron chi connectivity index (χ0n) is 11.3. The van der Waals surface area contributed by atoms with Crippen molar-refractivity contribution in [3.8, 4) is 0 Å². The molecule has 100 valence electrons. The van der Waals surface area contributed by atoms with E-state index in [1.807, 2.05) is 13.8 Å². The van der Waals surface area contributed by atoms with Crippen LogP contribution in [0.5, 0.6) is 0 Å². The van der Waals surface area contributed by atoms with Crippen molar-refractivity contribution in [3.05, 3.63) is 0 Å². The van der Waals surface area contributed by atoms with Gasteiger partial charge in [0.25, 0.3) is 0 Å². The topological polar surface area (TPSA) is 52.6 Å². The summed E-state index contributed by atoms with van der Waals surface area (Å²) in [6, 6.07) is 0.214. The van der Waals surface area contributed by atoms with Crippen LogP contribution in [-0.2, 0) is 4.79 Å². The highest BCUT2D eigenvalue weighted by molar-refractivity contribution is 5.76. The van der Waals surface area contributed by atoms with Gasteiger partial charge in [-0.25, -0.2) is 0 Å². The first-order valence-electron chi connectivity index (χ1n) is 6.58. The summed E-state index contributed by atoms with van der Waals surface area (Å²) in [5, 5.41) is 12.3. The number of piperidine rings is 1. The lowest BCUT2D eigenvalue weighted by Crippen LogP contribution is -2.45. The third kappa shape index (κ3) is 5.04. The first kappa shape index (κ1) is 14.5. The molecule has 1 amide bonds. The Morgan fingerprint density at radius 1 is 1.53 bits per heavy atom. The van der Waals surface area contributed by atoms with Gasteiger partial charge in [0.1, 0.15) is 0 Å². The molecule has 0 aromatic carbocycles. The van der Waals surface area contributed by atoms with Crippen molar-refractivity contribution >= 4 is 5.91 Å². The number of carbonyl (C=O) groups is 1. The Morgan fingerprint density at radius 3 is 2.82 bits per heavy atom. The quantitative estimate of drug-likeness (QED) is 0.756. The average Bonchev–Trinajstić information content (AvgIpc) is 2.26. The molecule has 1 aliphatic heterocycles. The van der Waals surface area contributed by atoms with E-state index in [1.54, 1.807) is 0 Å². The summed E-state index contributed by atoms with van der Waals surface area (Å²) in [4.78, 5) is 13.8. The normalized spacial score (nSPS) is 26.2. The molecule has 0 spiro atoms. The van der Waals surface area contributed by atoms with Crippen LogP contribution in [0.1, 0.15) is 40.0 Å². The van der Waals surface area contributed by atoms with Crippen molar-refractivity contribution in [2.75, 3.05) is 26.2 Å². The average molecular weight is 242 g/mol. The molecule has 0 aliphatic carbocycles. The van der Waals surface area contributed by atoms with Gasteiger partial charge in [-0.3, -0.25) is 4.79 Å². The van der Waals surface area contributed by atoms with Crippen LogP contribution >= 0.6 is 0 Å². The zero-order chi connectivity index (χ0) is 12.9. The fraction of sp³-hybridized carbons (Fsp3) is 0.923. The van der Waals surface area contributed by atoms with E-state index in [1.165, 1.54) is 0 Å². The van der Waals surface area contributed by atoms with E-state index in [4.69, 9.17) is 0 Å². The first-order chi connectivity index (χ1) is 7.95. The highest BCUT2D eigenvalue weighted by Gasteiger charge is 2.30. The second-order valence-electron chi connectivity index (χ2n) is 5.82. The molecule has 1 atom stereocenters. The third-order valence-corrected chi connectivity index (χ3v) is 3.35. The number of rotatable bonds is 5. The van der Waals surface area contributed by atoms with E-state index in [0.29, 0.717) is 6.42 Å². The summed E-state index contributed by atoms with van der Waals surface area (Å²) in [6.45, 7) is 9.05. The lowest BCUT2D eigenvalue weighted by Gasteiger charge is -2.39. The minimum absolute atomic E-state index is 0.0206. The Balaban J connectivity index is 2.30. The number of hydrogen-bond acceptors (Lipinski definition) is 3. The molecule has 1 saturated heterocycles. The van der Waals surface area contributed by atoms with Gasteiger partial charge in [-0.15, -0.1) is 0 Å². The molecule has 0 bridgehead atoms. The maximum Gasteiger partial charge on any atom is 0.221 e. The lowest BCUT2D eigenvalue weighted by atomic mass is 9.83. The number of aliphatic hydroxyl groups excluding tert-OH is 1. The smallest absolute Gasteiger partial charge is 0.221 e. The first-order valence-corrected chi connectivity index (χ1v) is 6.58. The molecule has 2 N–H and O–H groups in total. The van der Waals surface area contributed by atoms with Gasteiger partial charge < -0.3 is 15.3 Å². The lowest BCUT2D eigenvalue weighted by molar-refractivity contribution is -0.122. The molecule has 1 unspecified atom stereocenters. The van der Waals surface area contributed by atoms with Crippen LogP contribution in [0.15, 0.2) is 0 Å². The summed E-state index contributed by atoms with van der Waals surface area (Å²) >= 11 is 0. The number of likely N-dealkylation sites (tertiary alicyclic amines) is 1. The molecule has 4 heteroatoms. The Bertz CT molecular complexity index is 256. The molecule has 1 rings (SSSR count). The van der Waals surface area contributed by atoms with E-state index >= 15 is 0 Å². The molecule has 0 saturated carbocycles. The molecule has 0 aromatic rings. The third-order valence-electron chi connectivity index (χ3n) is 3.35. The molecule has 0 radical (unpaired) electrons. The molecular formula is C13H26N2O2. The van der Waals surface area contributed by atoms with E-state index in [-0.39, 0.29) is 24.0 Å². The van der Waals surface area contributed by atoms with Crippen LogP contribution in [0.2, 0.25) is 0 Å². The second-order valence-corrected chi connectivity index (χ2v) is 5.82. The summed E-state index contributed by atoms with van der Waals surface area (Å²) in [6.07, 6.45) is 2.75. The predicted molar refractivity (Wildman–Crippen MR) is 68.8 cm³/mol. The van der Waals surface area contributed by atoms with Crippen LogP contribution < -0.4 is 5.32 Å². The van der Waals surface area contributed by atoms with Gasteiger partial charge in [0.15, 0.2) is 0 Å². The fourth-order valence-corrected chi connectivity index (χ4v) is 2.40. The minimum atomic E-state index is 0.0206. The number of aliphatic hydroxyl groups is 1. The number of carbonyl (C=O) groups excluding carboxylic acids is 1. The highest BCUT2D eigenvalue weighted by atomic mass is 16.3. The number of nitrogens with zero attached hydrogens (tertiary/aromatic N) is 1. The van der Waals surface area contributed by atoms with Crippen LogP contribution in [0.25, 0.3) is 0 Å². The van der Waals surface area contributed by atoms with Crippen molar-refractivity contribution in [3.63, 3.8) is 0 Å². The SMILES string of the molecule is CC(C)NC(=O)CCN1CCCC(C)(CO)C1.